The third-order valence-corrected chi connectivity index (χ3v) is 5.67. The maximum Gasteiger partial charge on any atom is 0.110 e. The van der Waals surface area contributed by atoms with Gasteiger partial charge in [0.1, 0.15) is 5.60 Å². The van der Waals surface area contributed by atoms with Gasteiger partial charge < -0.3 is 14.6 Å². The van der Waals surface area contributed by atoms with Gasteiger partial charge in [-0.05, 0) is 56.8 Å². The first kappa shape index (κ1) is 15.7. The van der Waals surface area contributed by atoms with Crippen LogP contribution in [0.15, 0.2) is 18.2 Å². The number of unbranched alkanes of at least 4 members (excludes halogenated alkanes) is 1. The van der Waals surface area contributed by atoms with Gasteiger partial charge in [-0.2, -0.15) is 5.26 Å². The van der Waals surface area contributed by atoms with E-state index in [4.69, 9.17) is 10.00 Å². The number of aromatic nitrogens is 1. The second-order valence-corrected chi connectivity index (χ2v) is 7.22. The molecule has 0 radical (unpaired) electrons. The van der Waals surface area contributed by atoms with E-state index < -0.39 is 0 Å². The van der Waals surface area contributed by atoms with E-state index in [0.717, 1.165) is 51.9 Å². The van der Waals surface area contributed by atoms with Gasteiger partial charge in [-0.25, -0.2) is 0 Å². The lowest BCUT2D eigenvalue weighted by atomic mass is 9.83. The minimum Gasteiger partial charge on any atom is -0.368 e. The van der Waals surface area contributed by atoms with Crippen LogP contribution in [0.5, 0.6) is 0 Å². The van der Waals surface area contributed by atoms with Gasteiger partial charge in [0.2, 0.25) is 0 Å². The average Bonchev–Trinajstić information content (AvgIpc) is 2.97. The number of fused-ring (bicyclic) bond motifs is 4. The lowest BCUT2D eigenvalue weighted by Gasteiger charge is -2.43. The zero-order valence-corrected chi connectivity index (χ0v) is 14.4. The number of nitriles is 1. The van der Waals surface area contributed by atoms with Crippen molar-refractivity contribution in [2.45, 2.75) is 44.6 Å². The molecule has 4 nitrogen and oxygen atoms in total. The topological polar surface area (TPSA) is 52.0 Å². The minimum absolute atomic E-state index is 0.133. The Kier molecular flexibility index (Phi) is 4.07. The van der Waals surface area contributed by atoms with Gasteiger partial charge in [0.05, 0.1) is 18.4 Å². The summed E-state index contributed by atoms with van der Waals surface area (Å²) in [6.07, 6.45) is 4.72. The van der Waals surface area contributed by atoms with Gasteiger partial charge in [0, 0.05) is 30.4 Å². The molecule has 2 aromatic rings. The summed E-state index contributed by atoms with van der Waals surface area (Å²) in [6.45, 7) is 6.12. The molecule has 0 amide bonds. The second kappa shape index (κ2) is 6.23. The summed E-state index contributed by atoms with van der Waals surface area (Å²) >= 11 is 0. The lowest BCUT2D eigenvalue weighted by Crippen LogP contribution is -2.46. The van der Waals surface area contributed by atoms with Crippen molar-refractivity contribution in [3.8, 4) is 6.07 Å². The Morgan fingerprint density at radius 2 is 2.17 bits per heavy atom. The molecule has 0 unspecified atom stereocenters. The highest BCUT2D eigenvalue weighted by molar-refractivity contribution is 5.86. The maximum absolute atomic E-state index is 8.70. The van der Waals surface area contributed by atoms with Crippen LogP contribution >= 0.6 is 0 Å². The third-order valence-electron chi connectivity index (χ3n) is 5.67. The van der Waals surface area contributed by atoms with Crippen LogP contribution in [0, 0.1) is 18.3 Å². The molecular weight excluding hydrogens is 298 g/mol. The van der Waals surface area contributed by atoms with Crippen LogP contribution in [0.25, 0.3) is 10.9 Å². The summed E-state index contributed by atoms with van der Waals surface area (Å²) in [5, 5.41) is 10.1. The molecule has 24 heavy (non-hydrogen) atoms. The van der Waals surface area contributed by atoms with Crippen LogP contribution in [0.2, 0.25) is 0 Å². The first-order chi connectivity index (χ1) is 11.7. The van der Waals surface area contributed by atoms with Gasteiger partial charge in [-0.3, -0.25) is 0 Å². The van der Waals surface area contributed by atoms with E-state index in [-0.39, 0.29) is 5.60 Å². The number of hydrogen-bond acceptors (Lipinski definition) is 3. The number of aryl methyl sites for hydroxylation is 1. The fourth-order valence-electron chi connectivity index (χ4n) is 4.34. The van der Waals surface area contributed by atoms with Gasteiger partial charge in [0.25, 0.3) is 0 Å². The van der Waals surface area contributed by atoms with E-state index in [1.807, 2.05) is 0 Å². The molecule has 1 spiro atoms. The van der Waals surface area contributed by atoms with Crippen LogP contribution in [0.3, 0.4) is 0 Å². The van der Waals surface area contributed by atoms with Crippen LogP contribution in [0.4, 0.5) is 0 Å². The average molecular weight is 323 g/mol. The highest BCUT2D eigenvalue weighted by Crippen LogP contribution is 2.43. The number of piperidine rings is 1. The summed E-state index contributed by atoms with van der Waals surface area (Å²) < 4.78 is 6.36. The molecule has 4 rings (SSSR count). The van der Waals surface area contributed by atoms with Crippen molar-refractivity contribution in [3.05, 3.63) is 35.0 Å². The Hall–Kier alpha value is -1.83. The molecule has 0 atom stereocenters. The van der Waals surface area contributed by atoms with Crippen molar-refractivity contribution in [2.75, 3.05) is 26.2 Å². The van der Waals surface area contributed by atoms with E-state index in [9.17, 15) is 0 Å². The molecule has 0 aliphatic carbocycles. The van der Waals surface area contributed by atoms with Crippen molar-refractivity contribution in [3.63, 3.8) is 0 Å². The van der Waals surface area contributed by atoms with E-state index in [1.165, 1.54) is 27.7 Å². The maximum atomic E-state index is 8.70. The molecule has 2 aliphatic heterocycles. The minimum atomic E-state index is -0.133. The Morgan fingerprint density at radius 1 is 1.33 bits per heavy atom. The summed E-state index contributed by atoms with van der Waals surface area (Å²) in [5.74, 6) is 0. The van der Waals surface area contributed by atoms with Gasteiger partial charge in [-0.15, -0.1) is 0 Å². The molecule has 126 valence electrons. The van der Waals surface area contributed by atoms with Gasteiger partial charge in [-0.1, -0.05) is 11.6 Å². The zero-order chi connectivity index (χ0) is 16.6. The predicted molar refractivity (Wildman–Crippen MR) is 94.9 cm³/mol. The van der Waals surface area contributed by atoms with Crippen molar-refractivity contribution in [1.82, 2.24) is 9.88 Å². The molecule has 1 N–H and O–H groups in total. The Bertz CT molecular complexity index is 778. The van der Waals surface area contributed by atoms with Gasteiger partial charge in [0.15, 0.2) is 0 Å². The van der Waals surface area contributed by atoms with E-state index in [1.54, 1.807) is 0 Å². The van der Waals surface area contributed by atoms with Crippen molar-refractivity contribution >= 4 is 10.9 Å². The second-order valence-electron chi connectivity index (χ2n) is 7.22. The monoisotopic (exact) mass is 323 g/mol. The van der Waals surface area contributed by atoms with Crippen LogP contribution in [-0.4, -0.2) is 36.1 Å². The molecule has 1 saturated heterocycles. The fourth-order valence-corrected chi connectivity index (χ4v) is 4.34. The molecular formula is C20H25N3O. The summed E-state index contributed by atoms with van der Waals surface area (Å²) in [5.41, 5.74) is 5.22. The molecule has 0 bridgehead atoms. The normalized spacial score (nSPS) is 20.2. The largest absolute Gasteiger partial charge is 0.368 e. The number of nitrogens with one attached hydrogen (secondary N) is 1. The Morgan fingerprint density at radius 3 is 2.96 bits per heavy atom. The Labute approximate surface area is 143 Å². The number of nitrogens with zero attached hydrogens (tertiary/aromatic N) is 2. The van der Waals surface area contributed by atoms with Crippen LogP contribution < -0.4 is 0 Å². The fraction of sp³-hybridized carbons (Fsp3) is 0.550. The number of rotatable bonds is 3. The SMILES string of the molecule is Cc1ccc2[nH]c3c(c2c1)CCOC31CCN(CCCC#N)CC1. The summed E-state index contributed by atoms with van der Waals surface area (Å²) in [6, 6.07) is 8.92. The summed E-state index contributed by atoms with van der Waals surface area (Å²) in [4.78, 5) is 6.16. The molecule has 3 heterocycles. The number of benzene rings is 1. The smallest absolute Gasteiger partial charge is 0.110 e. The molecule has 2 aliphatic rings. The van der Waals surface area contributed by atoms with E-state index in [2.05, 4.69) is 41.1 Å². The van der Waals surface area contributed by atoms with Crippen molar-refractivity contribution in [1.29, 1.82) is 5.26 Å². The first-order valence-corrected chi connectivity index (χ1v) is 9.07. The standard InChI is InChI=1S/C20H25N3O/c1-15-4-5-18-17(14-15)16-6-13-24-20(19(16)22-18)7-11-23(12-8-20)10-3-2-9-21/h4-5,14,22H,2-3,6-8,10-13H2,1H3. The molecule has 1 fully saturated rings. The van der Waals surface area contributed by atoms with Crippen molar-refractivity contribution < 1.29 is 4.74 Å². The highest BCUT2D eigenvalue weighted by atomic mass is 16.5. The molecule has 1 aromatic carbocycles. The van der Waals surface area contributed by atoms with E-state index in [0.29, 0.717) is 6.42 Å². The number of hydrogen-bond donors (Lipinski definition) is 1. The van der Waals surface area contributed by atoms with Crippen molar-refractivity contribution in [2.24, 2.45) is 0 Å². The number of aromatic amines is 1. The first-order valence-electron chi connectivity index (χ1n) is 9.07. The lowest BCUT2D eigenvalue weighted by molar-refractivity contribution is -0.100. The molecule has 4 heteroatoms. The van der Waals surface area contributed by atoms with Gasteiger partial charge >= 0.3 is 0 Å². The summed E-state index contributed by atoms with van der Waals surface area (Å²) in [7, 11) is 0. The number of likely N-dealkylation sites (tertiary alicyclic amines) is 1. The molecule has 1 aromatic heterocycles. The Balaban J connectivity index is 1.59. The van der Waals surface area contributed by atoms with E-state index >= 15 is 0 Å². The van der Waals surface area contributed by atoms with Crippen LogP contribution in [0.1, 0.15) is 42.5 Å². The zero-order valence-electron chi connectivity index (χ0n) is 14.4. The number of H-pyrrole nitrogens is 1. The molecule has 0 saturated carbocycles. The van der Waals surface area contributed by atoms with Crippen LogP contribution in [-0.2, 0) is 16.8 Å². The third kappa shape index (κ3) is 2.62. The highest BCUT2D eigenvalue weighted by Gasteiger charge is 2.42. The quantitative estimate of drug-likeness (QED) is 0.877. The predicted octanol–water partition coefficient (Wildman–Crippen LogP) is 3.64. The number of ether oxygens (including phenoxy) is 1.